The van der Waals surface area contributed by atoms with Gasteiger partial charge in [-0.2, -0.15) is 0 Å². The van der Waals surface area contributed by atoms with Gasteiger partial charge in [0.15, 0.2) is 0 Å². The van der Waals surface area contributed by atoms with Crippen LogP contribution < -0.4 is 4.72 Å². The Morgan fingerprint density at radius 1 is 1.35 bits per heavy atom. The second kappa shape index (κ2) is 6.76. The van der Waals surface area contributed by atoms with Crippen LogP contribution in [0.1, 0.15) is 51.3 Å². The first-order chi connectivity index (χ1) is 9.16. The van der Waals surface area contributed by atoms with Gasteiger partial charge in [-0.15, -0.1) is 0 Å². The van der Waals surface area contributed by atoms with Crippen molar-refractivity contribution >= 4 is 11.0 Å². The number of alkyl halides is 1. The van der Waals surface area contributed by atoms with Crippen LogP contribution in [0, 0.1) is 12.7 Å². The van der Waals surface area contributed by atoms with E-state index >= 15 is 0 Å². The van der Waals surface area contributed by atoms with Gasteiger partial charge in [0.2, 0.25) is 0 Å². The molecule has 0 saturated carbocycles. The quantitative estimate of drug-likeness (QED) is 0.876. The summed E-state index contributed by atoms with van der Waals surface area (Å²) in [7, 11) is -1.46. The van der Waals surface area contributed by atoms with Crippen LogP contribution in [0.15, 0.2) is 18.2 Å². The summed E-state index contributed by atoms with van der Waals surface area (Å²) in [6.07, 6.45) is -1.07. The van der Waals surface area contributed by atoms with E-state index in [-0.39, 0.29) is 12.0 Å². The summed E-state index contributed by atoms with van der Waals surface area (Å²) in [5, 5.41) is 0. The first-order valence-electron chi connectivity index (χ1n) is 6.75. The highest BCUT2D eigenvalue weighted by Crippen LogP contribution is 2.27. The fourth-order valence-electron chi connectivity index (χ4n) is 1.76. The largest absolute Gasteiger partial charge is 0.245 e. The van der Waals surface area contributed by atoms with E-state index in [1.165, 1.54) is 6.07 Å². The molecule has 2 nitrogen and oxygen atoms in total. The van der Waals surface area contributed by atoms with Crippen molar-refractivity contribution in [2.45, 2.75) is 58.0 Å². The molecule has 0 saturated heterocycles. The summed E-state index contributed by atoms with van der Waals surface area (Å²) in [5.74, 6) is -0.477. The Labute approximate surface area is 122 Å². The molecule has 0 aliphatic rings. The number of rotatable bonds is 5. The van der Waals surface area contributed by atoms with Gasteiger partial charge in [-0.1, -0.05) is 24.6 Å². The molecule has 1 N–H and O–H groups in total. The highest BCUT2D eigenvalue weighted by Gasteiger charge is 2.30. The van der Waals surface area contributed by atoms with Crippen LogP contribution >= 0.6 is 0 Å². The van der Waals surface area contributed by atoms with E-state index < -0.39 is 33.8 Å². The minimum absolute atomic E-state index is 0.229. The highest BCUT2D eigenvalue weighted by molar-refractivity contribution is 7.84. The molecule has 0 fully saturated rings. The minimum Gasteiger partial charge on any atom is -0.245 e. The van der Waals surface area contributed by atoms with Crippen molar-refractivity contribution < 1.29 is 13.0 Å². The molecule has 0 amide bonds. The summed E-state index contributed by atoms with van der Waals surface area (Å²) in [6.45, 7) is 8.88. The summed E-state index contributed by atoms with van der Waals surface area (Å²) >= 11 is 0. The molecular formula is C15H23F2NOS. The first kappa shape index (κ1) is 17.2. The van der Waals surface area contributed by atoms with Gasteiger partial charge in [0.05, 0.1) is 21.8 Å². The molecule has 114 valence electrons. The van der Waals surface area contributed by atoms with Gasteiger partial charge in [-0.3, -0.25) is 0 Å². The van der Waals surface area contributed by atoms with Crippen LogP contribution in [0.3, 0.4) is 0 Å². The van der Waals surface area contributed by atoms with Crippen molar-refractivity contribution in [1.82, 2.24) is 4.72 Å². The van der Waals surface area contributed by atoms with Crippen LogP contribution in [-0.4, -0.2) is 15.1 Å². The van der Waals surface area contributed by atoms with Crippen molar-refractivity contribution in [3.63, 3.8) is 0 Å². The zero-order valence-electron chi connectivity index (χ0n) is 12.7. The fourth-order valence-corrected chi connectivity index (χ4v) is 2.62. The number of hydrogen-bond donors (Lipinski definition) is 1. The van der Waals surface area contributed by atoms with E-state index in [0.29, 0.717) is 0 Å². The molecule has 1 rings (SSSR count). The van der Waals surface area contributed by atoms with Crippen molar-refractivity contribution in [2.24, 2.45) is 0 Å². The number of halogens is 2. The lowest BCUT2D eigenvalue weighted by molar-refractivity contribution is 0.260. The molecule has 1 aromatic rings. The van der Waals surface area contributed by atoms with E-state index in [9.17, 15) is 13.0 Å². The van der Waals surface area contributed by atoms with Gasteiger partial charge >= 0.3 is 0 Å². The Morgan fingerprint density at radius 3 is 2.45 bits per heavy atom. The van der Waals surface area contributed by atoms with Gasteiger partial charge in [0, 0.05) is 5.56 Å². The Kier molecular flexibility index (Phi) is 5.83. The Balaban J connectivity index is 3.13. The summed E-state index contributed by atoms with van der Waals surface area (Å²) in [6, 6.07) is 3.66. The van der Waals surface area contributed by atoms with Gasteiger partial charge in [0.1, 0.15) is 12.0 Å². The lowest BCUT2D eigenvalue weighted by Crippen LogP contribution is -2.39. The average Bonchev–Trinajstić information content (AvgIpc) is 2.36. The monoisotopic (exact) mass is 303 g/mol. The molecule has 1 aromatic carbocycles. The zero-order valence-corrected chi connectivity index (χ0v) is 13.5. The molecule has 3 atom stereocenters. The average molecular weight is 303 g/mol. The summed E-state index contributed by atoms with van der Waals surface area (Å²) in [5.41, 5.74) is 1.08. The van der Waals surface area contributed by atoms with E-state index in [1.54, 1.807) is 39.8 Å². The Hall–Kier alpha value is -0.810. The molecule has 0 aliphatic carbocycles. The van der Waals surface area contributed by atoms with Crippen LogP contribution in [-0.2, 0) is 11.0 Å². The fraction of sp³-hybridized carbons (Fsp3) is 0.600. The molecule has 0 unspecified atom stereocenters. The van der Waals surface area contributed by atoms with Crippen LogP contribution in [0.25, 0.3) is 0 Å². The van der Waals surface area contributed by atoms with Crippen molar-refractivity contribution in [3.8, 4) is 0 Å². The smallest absolute Gasteiger partial charge is 0.128 e. The summed E-state index contributed by atoms with van der Waals surface area (Å²) in [4.78, 5) is 0. The Morgan fingerprint density at radius 2 is 1.95 bits per heavy atom. The third-order valence-corrected chi connectivity index (χ3v) is 4.61. The van der Waals surface area contributed by atoms with E-state index in [4.69, 9.17) is 0 Å². The first-order valence-corrected chi connectivity index (χ1v) is 7.90. The van der Waals surface area contributed by atoms with E-state index in [0.717, 1.165) is 5.56 Å². The Bertz CT molecular complexity index is 485. The molecule has 0 aromatic heterocycles. The summed E-state index contributed by atoms with van der Waals surface area (Å²) < 4.78 is 42.5. The molecule has 20 heavy (non-hydrogen) atoms. The van der Waals surface area contributed by atoms with Crippen LogP contribution in [0.4, 0.5) is 8.78 Å². The lowest BCUT2D eigenvalue weighted by Gasteiger charge is -2.27. The maximum absolute atomic E-state index is 14.2. The SMILES string of the molecule is CC[C@H](F)[C@@H](N[S@](=O)C(C)(C)C)c1cc(C)ccc1F. The van der Waals surface area contributed by atoms with Crippen LogP contribution in [0.2, 0.25) is 0 Å². The molecule has 0 radical (unpaired) electrons. The number of aryl methyl sites for hydroxylation is 1. The normalized spacial score (nSPS) is 16.8. The molecule has 0 bridgehead atoms. The van der Waals surface area contributed by atoms with Crippen molar-refractivity contribution in [2.75, 3.05) is 0 Å². The predicted octanol–water partition coefficient (Wildman–Crippen LogP) is 3.98. The number of nitrogens with one attached hydrogen (secondary N) is 1. The second-order valence-electron chi connectivity index (χ2n) is 5.93. The lowest BCUT2D eigenvalue weighted by atomic mass is 9.99. The highest BCUT2D eigenvalue weighted by atomic mass is 32.2. The van der Waals surface area contributed by atoms with E-state index in [1.807, 2.05) is 6.92 Å². The number of benzene rings is 1. The minimum atomic E-state index is -1.46. The number of hydrogen-bond acceptors (Lipinski definition) is 1. The van der Waals surface area contributed by atoms with Crippen LogP contribution in [0.5, 0.6) is 0 Å². The second-order valence-corrected chi connectivity index (χ2v) is 7.92. The van der Waals surface area contributed by atoms with Gasteiger partial charge in [-0.05, 0) is 40.2 Å². The molecule has 0 spiro atoms. The topological polar surface area (TPSA) is 29.1 Å². The van der Waals surface area contributed by atoms with Gasteiger partial charge in [-0.25, -0.2) is 17.7 Å². The maximum atomic E-state index is 14.2. The van der Waals surface area contributed by atoms with Gasteiger partial charge in [0.25, 0.3) is 0 Å². The van der Waals surface area contributed by atoms with Crippen molar-refractivity contribution in [1.29, 1.82) is 0 Å². The van der Waals surface area contributed by atoms with Gasteiger partial charge < -0.3 is 0 Å². The molecule has 0 aliphatic heterocycles. The predicted molar refractivity (Wildman–Crippen MR) is 80.1 cm³/mol. The standard InChI is InChI=1S/C15H23F2NOS/c1-6-12(16)14(18-20(19)15(3,4)5)11-9-10(2)7-8-13(11)17/h7-9,12,14,18H,6H2,1-5H3/t12-,14-,20+/m0/s1. The zero-order chi connectivity index (χ0) is 15.5. The molecular weight excluding hydrogens is 280 g/mol. The van der Waals surface area contributed by atoms with E-state index in [2.05, 4.69) is 4.72 Å². The third-order valence-electron chi connectivity index (χ3n) is 3.03. The molecule has 5 heteroatoms. The van der Waals surface area contributed by atoms with Crippen molar-refractivity contribution in [3.05, 3.63) is 35.1 Å². The molecule has 0 heterocycles. The maximum Gasteiger partial charge on any atom is 0.128 e. The third kappa shape index (κ3) is 4.35.